The monoisotopic (exact) mass is 243 g/mol. The molecule has 2 heterocycles. The van der Waals surface area contributed by atoms with Crippen molar-refractivity contribution >= 4 is 11.8 Å². The average molecular weight is 243 g/mol. The highest BCUT2D eigenvalue weighted by Gasteiger charge is 2.09. The van der Waals surface area contributed by atoms with Gasteiger partial charge in [0.15, 0.2) is 0 Å². The maximum Gasteiger partial charge on any atom is 0.339 e. The zero-order valence-corrected chi connectivity index (χ0v) is 9.71. The molecule has 5 heteroatoms. The zero-order chi connectivity index (χ0) is 12.8. The van der Waals surface area contributed by atoms with Gasteiger partial charge in [-0.05, 0) is 36.2 Å². The van der Waals surface area contributed by atoms with E-state index in [-0.39, 0.29) is 5.56 Å². The molecule has 0 unspecified atom stereocenters. The summed E-state index contributed by atoms with van der Waals surface area (Å²) in [5.74, 6) is -0.575. The van der Waals surface area contributed by atoms with Crippen LogP contribution in [0.5, 0.6) is 0 Å². The van der Waals surface area contributed by atoms with Gasteiger partial charge >= 0.3 is 5.97 Å². The quantitative estimate of drug-likeness (QED) is 0.838. The molecular weight excluding hydrogens is 230 g/mol. The number of nitrogens with one attached hydrogen (secondary N) is 1. The lowest BCUT2D eigenvalue weighted by atomic mass is 10.2. The van der Waals surface area contributed by atoms with Gasteiger partial charge < -0.3 is 10.4 Å². The fourth-order valence-corrected chi connectivity index (χ4v) is 1.59. The molecule has 0 radical (unpaired) electrons. The SMILES string of the molecule is O=C(O)c1cccnc1NCCc1ccncc1. The van der Waals surface area contributed by atoms with Gasteiger partial charge in [-0.1, -0.05) is 0 Å². The first-order valence-corrected chi connectivity index (χ1v) is 5.58. The fraction of sp³-hybridized carbons (Fsp3) is 0.154. The van der Waals surface area contributed by atoms with Crippen molar-refractivity contribution in [1.29, 1.82) is 0 Å². The lowest BCUT2D eigenvalue weighted by molar-refractivity contribution is 0.0697. The molecule has 0 aliphatic heterocycles. The van der Waals surface area contributed by atoms with Crippen LogP contribution in [0.2, 0.25) is 0 Å². The summed E-state index contributed by atoms with van der Waals surface area (Å²) in [5, 5.41) is 12.0. The second-order valence-electron chi connectivity index (χ2n) is 3.74. The van der Waals surface area contributed by atoms with Crippen molar-refractivity contribution in [2.75, 3.05) is 11.9 Å². The molecule has 0 aliphatic rings. The van der Waals surface area contributed by atoms with Crippen LogP contribution < -0.4 is 5.32 Å². The van der Waals surface area contributed by atoms with E-state index in [0.717, 1.165) is 12.0 Å². The Balaban J connectivity index is 1.97. The maximum atomic E-state index is 11.0. The number of carboxylic acid groups (broad SMARTS) is 1. The minimum Gasteiger partial charge on any atom is -0.478 e. The summed E-state index contributed by atoms with van der Waals surface area (Å²) in [4.78, 5) is 18.9. The largest absolute Gasteiger partial charge is 0.478 e. The van der Waals surface area contributed by atoms with Gasteiger partial charge in [0.1, 0.15) is 11.4 Å². The van der Waals surface area contributed by atoms with E-state index in [0.29, 0.717) is 12.4 Å². The van der Waals surface area contributed by atoms with Crippen LogP contribution in [0.1, 0.15) is 15.9 Å². The molecule has 0 fully saturated rings. The van der Waals surface area contributed by atoms with E-state index in [2.05, 4.69) is 15.3 Å². The van der Waals surface area contributed by atoms with Crippen molar-refractivity contribution in [1.82, 2.24) is 9.97 Å². The Morgan fingerprint density at radius 2 is 2.00 bits per heavy atom. The molecule has 5 nitrogen and oxygen atoms in total. The van der Waals surface area contributed by atoms with Crippen molar-refractivity contribution in [3.8, 4) is 0 Å². The predicted octanol–water partition coefficient (Wildman–Crippen LogP) is 1.83. The molecule has 92 valence electrons. The molecule has 18 heavy (non-hydrogen) atoms. The molecule has 0 spiro atoms. The van der Waals surface area contributed by atoms with Crippen LogP contribution in [0.4, 0.5) is 5.82 Å². The number of aromatic carboxylic acids is 1. The summed E-state index contributed by atoms with van der Waals surface area (Å²) in [5.41, 5.74) is 1.33. The fourth-order valence-electron chi connectivity index (χ4n) is 1.59. The van der Waals surface area contributed by atoms with Gasteiger partial charge in [0.2, 0.25) is 0 Å². The molecule has 0 saturated heterocycles. The summed E-state index contributed by atoms with van der Waals surface area (Å²) < 4.78 is 0. The second kappa shape index (κ2) is 5.77. The standard InChI is InChI=1S/C13H13N3O2/c17-13(18)11-2-1-6-15-12(11)16-9-5-10-3-7-14-8-4-10/h1-4,6-8H,5,9H2,(H,15,16)(H,17,18). The van der Waals surface area contributed by atoms with Crippen LogP contribution in [0, 0.1) is 0 Å². The Bertz CT molecular complexity index is 529. The minimum absolute atomic E-state index is 0.187. The first-order chi connectivity index (χ1) is 8.77. The van der Waals surface area contributed by atoms with E-state index in [9.17, 15) is 4.79 Å². The Labute approximate surface area is 105 Å². The summed E-state index contributed by atoms with van der Waals surface area (Å²) in [6.45, 7) is 0.626. The number of anilines is 1. The van der Waals surface area contributed by atoms with Crippen LogP contribution in [-0.4, -0.2) is 27.6 Å². The molecule has 0 aliphatic carbocycles. The summed E-state index contributed by atoms with van der Waals surface area (Å²) in [6.07, 6.45) is 5.83. The third-order valence-electron chi connectivity index (χ3n) is 2.49. The van der Waals surface area contributed by atoms with E-state index in [4.69, 9.17) is 5.11 Å². The summed E-state index contributed by atoms with van der Waals surface area (Å²) in [6, 6.07) is 7.00. The van der Waals surface area contributed by atoms with E-state index in [1.165, 1.54) is 6.07 Å². The number of pyridine rings is 2. The molecular formula is C13H13N3O2. The number of nitrogens with zero attached hydrogens (tertiary/aromatic N) is 2. The summed E-state index contributed by atoms with van der Waals surface area (Å²) >= 11 is 0. The normalized spacial score (nSPS) is 10.0. The Hall–Kier alpha value is -2.43. The van der Waals surface area contributed by atoms with Crippen LogP contribution in [0.3, 0.4) is 0 Å². The smallest absolute Gasteiger partial charge is 0.339 e. The number of carboxylic acids is 1. The molecule has 0 amide bonds. The second-order valence-corrected chi connectivity index (χ2v) is 3.74. The number of hydrogen-bond donors (Lipinski definition) is 2. The highest BCUT2D eigenvalue weighted by molar-refractivity contribution is 5.92. The lowest BCUT2D eigenvalue weighted by Crippen LogP contribution is -2.10. The van der Waals surface area contributed by atoms with Gasteiger partial charge in [0, 0.05) is 25.1 Å². The molecule has 0 atom stereocenters. The Morgan fingerprint density at radius 1 is 1.22 bits per heavy atom. The maximum absolute atomic E-state index is 11.0. The van der Waals surface area contributed by atoms with E-state index < -0.39 is 5.97 Å². The Kier molecular flexibility index (Phi) is 3.86. The highest BCUT2D eigenvalue weighted by atomic mass is 16.4. The van der Waals surface area contributed by atoms with Gasteiger partial charge in [-0.15, -0.1) is 0 Å². The van der Waals surface area contributed by atoms with Crippen LogP contribution in [0.15, 0.2) is 42.9 Å². The van der Waals surface area contributed by atoms with Gasteiger partial charge in [-0.2, -0.15) is 0 Å². The first-order valence-electron chi connectivity index (χ1n) is 5.58. The van der Waals surface area contributed by atoms with Gasteiger partial charge in [0.25, 0.3) is 0 Å². The van der Waals surface area contributed by atoms with Crippen molar-refractivity contribution in [3.63, 3.8) is 0 Å². The molecule has 0 bridgehead atoms. The molecule has 2 N–H and O–H groups in total. The predicted molar refractivity (Wildman–Crippen MR) is 67.6 cm³/mol. The molecule has 2 aromatic heterocycles. The van der Waals surface area contributed by atoms with Gasteiger partial charge in [0.05, 0.1) is 0 Å². The third-order valence-corrected chi connectivity index (χ3v) is 2.49. The molecule has 2 aromatic rings. The van der Waals surface area contributed by atoms with E-state index in [1.54, 1.807) is 24.7 Å². The number of rotatable bonds is 5. The number of hydrogen-bond acceptors (Lipinski definition) is 4. The first kappa shape index (κ1) is 12.0. The number of carbonyl (C=O) groups is 1. The minimum atomic E-state index is -0.977. The van der Waals surface area contributed by atoms with E-state index >= 15 is 0 Å². The average Bonchev–Trinajstić information content (AvgIpc) is 2.40. The lowest BCUT2D eigenvalue weighted by Gasteiger charge is -2.07. The van der Waals surface area contributed by atoms with Crippen molar-refractivity contribution in [2.45, 2.75) is 6.42 Å². The van der Waals surface area contributed by atoms with Gasteiger partial charge in [-0.3, -0.25) is 4.98 Å². The van der Waals surface area contributed by atoms with E-state index in [1.807, 2.05) is 12.1 Å². The molecule has 0 aromatic carbocycles. The Morgan fingerprint density at radius 3 is 2.72 bits per heavy atom. The van der Waals surface area contributed by atoms with Crippen molar-refractivity contribution in [2.24, 2.45) is 0 Å². The van der Waals surface area contributed by atoms with Crippen molar-refractivity contribution in [3.05, 3.63) is 54.0 Å². The van der Waals surface area contributed by atoms with Gasteiger partial charge in [-0.25, -0.2) is 9.78 Å². The zero-order valence-electron chi connectivity index (χ0n) is 9.71. The summed E-state index contributed by atoms with van der Waals surface area (Å²) in [7, 11) is 0. The van der Waals surface area contributed by atoms with Crippen LogP contribution in [-0.2, 0) is 6.42 Å². The topological polar surface area (TPSA) is 75.1 Å². The highest BCUT2D eigenvalue weighted by Crippen LogP contribution is 2.11. The van der Waals surface area contributed by atoms with Crippen LogP contribution >= 0.6 is 0 Å². The van der Waals surface area contributed by atoms with Crippen molar-refractivity contribution < 1.29 is 9.90 Å². The molecule has 0 saturated carbocycles. The van der Waals surface area contributed by atoms with Crippen LogP contribution in [0.25, 0.3) is 0 Å². The third kappa shape index (κ3) is 3.04. The molecule has 2 rings (SSSR count). The number of aromatic nitrogens is 2.